The Morgan fingerprint density at radius 1 is 1.00 bits per heavy atom. The molecule has 0 radical (unpaired) electrons. The van der Waals surface area contributed by atoms with Gasteiger partial charge in [-0.1, -0.05) is 12.1 Å². The number of hydrogen-bond donors (Lipinski definition) is 2. The third-order valence-electron chi connectivity index (χ3n) is 3.38. The fraction of sp³-hybridized carbons (Fsp3) is 0.222. The number of carbonyl (C=O) groups is 2. The maximum atomic E-state index is 12.3. The summed E-state index contributed by atoms with van der Waals surface area (Å²) < 4.78 is 10.4. The van der Waals surface area contributed by atoms with Gasteiger partial charge in [-0.3, -0.25) is 9.59 Å². The second-order valence-corrected chi connectivity index (χ2v) is 5.13. The molecule has 24 heavy (non-hydrogen) atoms. The van der Waals surface area contributed by atoms with E-state index >= 15 is 0 Å². The molecule has 2 N–H and O–H groups in total. The number of nitrogens with one attached hydrogen (secondary N) is 2. The molecule has 6 heteroatoms. The van der Waals surface area contributed by atoms with Crippen molar-refractivity contribution in [2.75, 3.05) is 19.5 Å². The van der Waals surface area contributed by atoms with Crippen LogP contribution in [0.25, 0.3) is 0 Å². The largest absolute Gasteiger partial charge is 0.497 e. The first-order valence-electron chi connectivity index (χ1n) is 7.40. The lowest BCUT2D eigenvalue weighted by molar-refractivity contribution is -0.114. The topological polar surface area (TPSA) is 76.7 Å². The molecule has 0 saturated heterocycles. The van der Waals surface area contributed by atoms with Gasteiger partial charge in [0.05, 0.1) is 19.8 Å². The lowest BCUT2D eigenvalue weighted by atomic mass is 10.1. The maximum Gasteiger partial charge on any atom is 0.255 e. The number of carbonyl (C=O) groups excluding carboxylic acids is 2. The predicted molar refractivity (Wildman–Crippen MR) is 91.5 cm³/mol. The highest BCUT2D eigenvalue weighted by Crippen LogP contribution is 2.24. The van der Waals surface area contributed by atoms with Gasteiger partial charge in [-0.15, -0.1) is 0 Å². The van der Waals surface area contributed by atoms with Gasteiger partial charge in [0.1, 0.15) is 11.5 Å². The van der Waals surface area contributed by atoms with E-state index in [1.165, 1.54) is 14.0 Å². The number of amides is 2. The van der Waals surface area contributed by atoms with E-state index in [0.29, 0.717) is 23.6 Å². The smallest absolute Gasteiger partial charge is 0.255 e. The second-order valence-electron chi connectivity index (χ2n) is 5.13. The highest BCUT2D eigenvalue weighted by Gasteiger charge is 2.13. The number of hydrogen-bond acceptors (Lipinski definition) is 4. The summed E-state index contributed by atoms with van der Waals surface area (Å²) in [5.41, 5.74) is 2.08. The summed E-state index contributed by atoms with van der Waals surface area (Å²) in [6.45, 7) is 1.82. The van der Waals surface area contributed by atoms with Crippen LogP contribution in [-0.2, 0) is 11.3 Å². The van der Waals surface area contributed by atoms with Crippen molar-refractivity contribution in [3.63, 3.8) is 0 Å². The minimum atomic E-state index is -0.236. The van der Waals surface area contributed by atoms with Crippen LogP contribution in [0.15, 0.2) is 42.5 Å². The molecule has 6 nitrogen and oxygen atoms in total. The SMILES string of the molecule is COc1ccc(C(=O)NCc2ccc(NC(C)=O)cc2)c(OC)c1. The summed E-state index contributed by atoms with van der Waals surface area (Å²) in [5, 5.41) is 5.53. The molecule has 2 amide bonds. The van der Waals surface area contributed by atoms with Crippen molar-refractivity contribution >= 4 is 17.5 Å². The predicted octanol–water partition coefficient (Wildman–Crippen LogP) is 2.59. The highest BCUT2D eigenvalue weighted by atomic mass is 16.5. The van der Waals surface area contributed by atoms with Crippen LogP contribution in [0.3, 0.4) is 0 Å². The monoisotopic (exact) mass is 328 g/mol. The zero-order chi connectivity index (χ0) is 17.5. The minimum Gasteiger partial charge on any atom is -0.497 e. The fourth-order valence-corrected chi connectivity index (χ4v) is 2.17. The normalized spacial score (nSPS) is 9.96. The van der Waals surface area contributed by atoms with E-state index in [4.69, 9.17) is 9.47 Å². The summed E-state index contributed by atoms with van der Waals surface area (Å²) in [6.07, 6.45) is 0. The van der Waals surface area contributed by atoms with Gasteiger partial charge in [0, 0.05) is 25.2 Å². The van der Waals surface area contributed by atoms with Crippen molar-refractivity contribution in [2.45, 2.75) is 13.5 Å². The van der Waals surface area contributed by atoms with E-state index in [9.17, 15) is 9.59 Å². The van der Waals surface area contributed by atoms with Crippen LogP contribution in [-0.4, -0.2) is 26.0 Å². The first-order chi connectivity index (χ1) is 11.5. The van der Waals surface area contributed by atoms with Gasteiger partial charge < -0.3 is 20.1 Å². The summed E-state index contributed by atoms with van der Waals surface area (Å²) in [6, 6.07) is 12.3. The Kier molecular flexibility index (Phi) is 5.78. The van der Waals surface area contributed by atoms with Gasteiger partial charge in [0.2, 0.25) is 5.91 Å². The third-order valence-corrected chi connectivity index (χ3v) is 3.38. The molecular formula is C18H20N2O4. The van der Waals surface area contributed by atoms with Crippen molar-refractivity contribution in [1.82, 2.24) is 5.32 Å². The maximum absolute atomic E-state index is 12.3. The number of benzene rings is 2. The number of ether oxygens (including phenoxy) is 2. The van der Waals surface area contributed by atoms with Gasteiger partial charge in [0.25, 0.3) is 5.91 Å². The van der Waals surface area contributed by atoms with E-state index in [1.807, 2.05) is 12.1 Å². The molecule has 0 aromatic heterocycles. The van der Waals surface area contributed by atoms with Crippen molar-refractivity contribution in [1.29, 1.82) is 0 Å². The summed E-state index contributed by atoms with van der Waals surface area (Å²) >= 11 is 0. The Morgan fingerprint density at radius 2 is 1.71 bits per heavy atom. The summed E-state index contributed by atoms with van der Waals surface area (Å²) in [4.78, 5) is 23.3. The Morgan fingerprint density at radius 3 is 2.29 bits per heavy atom. The molecule has 0 aliphatic rings. The van der Waals surface area contributed by atoms with Gasteiger partial charge in [-0.05, 0) is 29.8 Å². The molecule has 2 aromatic carbocycles. The molecule has 0 spiro atoms. The van der Waals surface area contributed by atoms with E-state index in [1.54, 1.807) is 37.4 Å². The van der Waals surface area contributed by atoms with Crippen molar-refractivity contribution < 1.29 is 19.1 Å². The molecule has 126 valence electrons. The number of anilines is 1. The number of methoxy groups -OCH3 is 2. The molecule has 0 fully saturated rings. The molecule has 0 heterocycles. The Labute approximate surface area is 140 Å². The highest BCUT2D eigenvalue weighted by molar-refractivity contribution is 5.97. The lowest BCUT2D eigenvalue weighted by Gasteiger charge is -2.11. The second kappa shape index (κ2) is 8.01. The molecule has 0 unspecified atom stereocenters. The van der Waals surface area contributed by atoms with E-state index in [-0.39, 0.29) is 11.8 Å². The van der Waals surface area contributed by atoms with Crippen molar-refractivity contribution in [3.05, 3.63) is 53.6 Å². The fourth-order valence-electron chi connectivity index (χ4n) is 2.17. The number of rotatable bonds is 6. The molecule has 2 rings (SSSR count). The zero-order valence-electron chi connectivity index (χ0n) is 13.9. The van der Waals surface area contributed by atoms with E-state index in [0.717, 1.165) is 11.3 Å². The van der Waals surface area contributed by atoms with Crippen molar-refractivity contribution in [3.8, 4) is 11.5 Å². The molecule has 0 saturated carbocycles. The molecule has 2 aromatic rings. The van der Waals surface area contributed by atoms with Gasteiger partial charge in [0.15, 0.2) is 0 Å². The van der Waals surface area contributed by atoms with Gasteiger partial charge in [-0.25, -0.2) is 0 Å². The first-order valence-corrected chi connectivity index (χ1v) is 7.40. The molecule has 0 bridgehead atoms. The van der Waals surface area contributed by atoms with E-state index in [2.05, 4.69) is 10.6 Å². The van der Waals surface area contributed by atoms with Crippen LogP contribution in [0.5, 0.6) is 11.5 Å². The van der Waals surface area contributed by atoms with Crippen LogP contribution in [0.2, 0.25) is 0 Å². The summed E-state index contributed by atoms with van der Waals surface area (Å²) in [7, 11) is 3.06. The average Bonchev–Trinajstić information content (AvgIpc) is 2.59. The quantitative estimate of drug-likeness (QED) is 0.854. The van der Waals surface area contributed by atoms with Crippen LogP contribution in [0.1, 0.15) is 22.8 Å². The molecule has 0 aliphatic heterocycles. The minimum absolute atomic E-state index is 0.123. The Bertz CT molecular complexity index is 726. The third kappa shape index (κ3) is 4.49. The average molecular weight is 328 g/mol. The van der Waals surface area contributed by atoms with Crippen LogP contribution in [0, 0.1) is 0 Å². The van der Waals surface area contributed by atoms with Gasteiger partial charge >= 0.3 is 0 Å². The Balaban J connectivity index is 2.01. The lowest BCUT2D eigenvalue weighted by Crippen LogP contribution is -2.23. The molecule has 0 aliphatic carbocycles. The summed E-state index contributed by atoms with van der Waals surface area (Å²) in [5.74, 6) is 0.716. The van der Waals surface area contributed by atoms with Gasteiger partial charge in [-0.2, -0.15) is 0 Å². The van der Waals surface area contributed by atoms with Crippen LogP contribution < -0.4 is 20.1 Å². The van der Waals surface area contributed by atoms with Crippen molar-refractivity contribution in [2.24, 2.45) is 0 Å². The standard InChI is InChI=1S/C18H20N2O4/c1-12(21)20-14-6-4-13(5-7-14)11-19-18(22)16-9-8-15(23-2)10-17(16)24-3/h4-10H,11H2,1-3H3,(H,19,22)(H,20,21). The molecular weight excluding hydrogens is 308 g/mol. The van der Waals surface area contributed by atoms with Crippen LogP contribution >= 0.6 is 0 Å². The van der Waals surface area contributed by atoms with E-state index < -0.39 is 0 Å². The Hall–Kier alpha value is -3.02. The first kappa shape index (κ1) is 17.3. The molecule has 0 atom stereocenters. The zero-order valence-corrected chi connectivity index (χ0v) is 13.9. The van der Waals surface area contributed by atoms with Crippen LogP contribution in [0.4, 0.5) is 5.69 Å².